The van der Waals surface area contributed by atoms with Gasteiger partial charge in [0.25, 0.3) is 0 Å². The topological polar surface area (TPSA) is 17.1 Å². The standard InChI is InChI=1S/C10H18OS2/c11-13-9-5-8-12-10(13)6-3-1-2-4-7-10/h1-9H2. The molecule has 3 heteroatoms. The molecule has 0 aromatic carbocycles. The van der Waals surface area contributed by atoms with Crippen LogP contribution in [0.2, 0.25) is 0 Å². The molecule has 2 fully saturated rings. The quantitative estimate of drug-likeness (QED) is 0.622. The molecule has 1 spiro atoms. The van der Waals surface area contributed by atoms with Gasteiger partial charge in [-0.3, -0.25) is 4.21 Å². The summed E-state index contributed by atoms with van der Waals surface area (Å²) in [6, 6.07) is 0. The van der Waals surface area contributed by atoms with Gasteiger partial charge in [0.05, 0.1) is 4.08 Å². The molecule has 1 atom stereocenters. The van der Waals surface area contributed by atoms with Gasteiger partial charge >= 0.3 is 0 Å². The van der Waals surface area contributed by atoms with Crippen molar-refractivity contribution in [2.75, 3.05) is 11.5 Å². The first-order chi connectivity index (χ1) is 6.33. The van der Waals surface area contributed by atoms with Crippen LogP contribution in [0.15, 0.2) is 0 Å². The monoisotopic (exact) mass is 218 g/mol. The van der Waals surface area contributed by atoms with Gasteiger partial charge in [-0.25, -0.2) is 0 Å². The summed E-state index contributed by atoms with van der Waals surface area (Å²) in [4.78, 5) is 0. The predicted octanol–water partition coefficient (Wildman–Crippen LogP) is 2.92. The average Bonchev–Trinajstić information content (AvgIpc) is 2.37. The van der Waals surface area contributed by atoms with E-state index in [9.17, 15) is 4.21 Å². The molecule has 2 aliphatic rings. The number of hydrogen-bond donors (Lipinski definition) is 0. The Kier molecular flexibility index (Phi) is 3.36. The van der Waals surface area contributed by atoms with Crippen LogP contribution in [0.25, 0.3) is 0 Å². The van der Waals surface area contributed by atoms with Gasteiger partial charge in [0, 0.05) is 16.6 Å². The van der Waals surface area contributed by atoms with Crippen molar-refractivity contribution in [3.8, 4) is 0 Å². The van der Waals surface area contributed by atoms with Gasteiger partial charge in [0.1, 0.15) is 0 Å². The summed E-state index contributed by atoms with van der Waals surface area (Å²) in [5, 5.41) is 0. The summed E-state index contributed by atoms with van der Waals surface area (Å²) in [7, 11) is -0.533. The summed E-state index contributed by atoms with van der Waals surface area (Å²) in [5.41, 5.74) is 0. The van der Waals surface area contributed by atoms with Crippen LogP contribution in [0, 0.1) is 0 Å². The van der Waals surface area contributed by atoms with Crippen LogP contribution in [-0.2, 0) is 10.8 Å². The van der Waals surface area contributed by atoms with Gasteiger partial charge in [0.2, 0.25) is 0 Å². The van der Waals surface area contributed by atoms with E-state index in [0.29, 0.717) is 0 Å². The Bertz CT molecular complexity index is 195. The lowest BCUT2D eigenvalue weighted by Gasteiger charge is -2.34. The van der Waals surface area contributed by atoms with Crippen LogP contribution in [0.3, 0.4) is 0 Å². The first kappa shape index (κ1) is 10.0. The third-order valence-corrected chi connectivity index (χ3v) is 7.36. The fraction of sp³-hybridized carbons (Fsp3) is 1.00. The van der Waals surface area contributed by atoms with E-state index in [2.05, 4.69) is 0 Å². The summed E-state index contributed by atoms with van der Waals surface area (Å²) < 4.78 is 12.2. The Morgan fingerprint density at radius 2 is 1.69 bits per heavy atom. The molecule has 1 aliphatic heterocycles. The normalized spacial score (nSPS) is 34.3. The first-order valence-corrected chi connectivity index (χ1v) is 7.66. The highest BCUT2D eigenvalue weighted by Gasteiger charge is 2.39. The van der Waals surface area contributed by atoms with Crippen LogP contribution in [0.1, 0.15) is 44.9 Å². The largest absolute Gasteiger partial charge is 0.258 e. The minimum absolute atomic E-state index is 0.189. The molecule has 1 unspecified atom stereocenters. The number of hydrogen-bond acceptors (Lipinski definition) is 2. The van der Waals surface area contributed by atoms with E-state index in [1.54, 1.807) is 0 Å². The predicted molar refractivity (Wildman–Crippen MR) is 60.5 cm³/mol. The van der Waals surface area contributed by atoms with Gasteiger partial charge < -0.3 is 0 Å². The van der Waals surface area contributed by atoms with Gasteiger partial charge in [-0.15, -0.1) is 11.8 Å². The maximum atomic E-state index is 12.0. The Morgan fingerprint density at radius 3 is 2.31 bits per heavy atom. The third-order valence-electron chi connectivity index (χ3n) is 3.12. The fourth-order valence-electron chi connectivity index (χ4n) is 2.34. The lowest BCUT2D eigenvalue weighted by atomic mass is 10.2. The molecule has 0 aromatic heterocycles. The third kappa shape index (κ3) is 2.12. The molecule has 1 heterocycles. The second kappa shape index (κ2) is 4.35. The first-order valence-electron chi connectivity index (χ1n) is 5.36. The second-order valence-corrected chi connectivity index (χ2v) is 7.69. The van der Waals surface area contributed by atoms with E-state index in [4.69, 9.17) is 0 Å². The molecular weight excluding hydrogens is 200 g/mol. The lowest BCUT2D eigenvalue weighted by molar-refractivity contribution is 0.612. The molecular formula is C10H18OS2. The molecule has 0 bridgehead atoms. The zero-order valence-electron chi connectivity index (χ0n) is 8.09. The van der Waals surface area contributed by atoms with Crippen LogP contribution >= 0.6 is 11.8 Å². The number of thioether (sulfide) groups is 1. The zero-order valence-corrected chi connectivity index (χ0v) is 9.72. The van der Waals surface area contributed by atoms with Gasteiger partial charge in [0.15, 0.2) is 0 Å². The van der Waals surface area contributed by atoms with E-state index in [0.717, 1.165) is 5.75 Å². The SMILES string of the molecule is O=S1CCCSC12CCCCCC2. The van der Waals surface area contributed by atoms with Crippen molar-refractivity contribution in [2.45, 2.75) is 49.0 Å². The molecule has 2 rings (SSSR count). The highest BCUT2D eigenvalue weighted by atomic mass is 32.2. The average molecular weight is 218 g/mol. The Hall–Kier alpha value is 0.500. The second-order valence-electron chi connectivity index (χ2n) is 4.08. The Morgan fingerprint density at radius 1 is 1.00 bits per heavy atom. The summed E-state index contributed by atoms with van der Waals surface area (Å²) in [6.07, 6.45) is 8.92. The number of rotatable bonds is 0. The highest BCUT2D eigenvalue weighted by molar-refractivity contribution is 8.13. The summed E-state index contributed by atoms with van der Waals surface area (Å²) in [5.74, 6) is 2.21. The van der Waals surface area contributed by atoms with Crippen molar-refractivity contribution in [2.24, 2.45) is 0 Å². The summed E-state index contributed by atoms with van der Waals surface area (Å²) >= 11 is 2.01. The molecule has 1 aliphatic carbocycles. The van der Waals surface area contributed by atoms with E-state index in [1.807, 2.05) is 11.8 Å². The van der Waals surface area contributed by atoms with Crippen molar-refractivity contribution in [3.63, 3.8) is 0 Å². The van der Waals surface area contributed by atoms with Crippen molar-refractivity contribution in [1.82, 2.24) is 0 Å². The van der Waals surface area contributed by atoms with E-state index in [-0.39, 0.29) is 4.08 Å². The van der Waals surface area contributed by atoms with E-state index < -0.39 is 10.8 Å². The molecule has 1 saturated heterocycles. The van der Waals surface area contributed by atoms with Gasteiger partial charge in [-0.2, -0.15) is 0 Å². The van der Waals surface area contributed by atoms with Crippen molar-refractivity contribution in [3.05, 3.63) is 0 Å². The molecule has 0 radical (unpaired) electrons. The van der Waals surface area contributed by atoms with Crippen molar-refractivity contribution < 1.29 is 4.21 Å². The van der Waals surface area contributed by atoms with E-state index >= 15 is 0 Å². The minimum atomic E-state index is -0.533. The smallest absolute Gasteiger partial charge is 0.0908 e. The molecule has 0 N–H and O–H groups in total. The zero-order chi connectivity index (χ0) is 9.15. The van der Waals surface area contributed by atoms with Crippen molar-refractivity contribution in [1.29, 1.82) is 0 Å². The van der Waals surface area contributed by atoms with Crippen LogP contribution < -0.4 is 0 Å². The van der Waals surface area contributed by atoms with Crippen LogP contribution in [-0.4, -0.2) is 19.8 Å². The van der Waals surface area contributed by atoms with E-state index in [1.165, 1.54) is 50.7 Å². The van der Waals surface area contributed by atoms with Crippen LogP contribution in [0.5, 0.6) is 0 Å². The highest BCUT2D eigenvalue weighted by Crippen LogP contribution is 2.44. The lowest BCUT2D eigenvalue weighted by Crippen LogP contribution is -2.35. The summed E-state index contributed by atoms with van der Waals surface area (Å²) in [6.45, 7) is 0. The molecule has 1 saturated carbocycles. The maximum Gasteiger partial charge on any atom is 0.0908 e. The minimum Gasteiger partial charge on any atom is -0.258 e. The Labute approximate surface area is 87.5 Å². The van der Waals surface area contributed by atoms with Crippen LogP contribution in [0.4, 0.5) is 0 Å². The Balaban J connectivity index is 2.09. The molecule has 0 aromatic rings. The van der Waals surface area contributed by atoms with Gasteiger partial charge in [-0.05, 0) is 25.0 Å². The maximum absolute atomic E-state index is 12.0. The fourth-order valence-corrected chi connectivity index (χ4v) is 6.31. The van der Waals surface area contributed by atoms with Gasteiger partial charge in [-0.1, -0.05) is 25.7 Å². The molecule has 76 valence electrons. The molecule has 0 amide bonds. The molecule has 13 heavy (non-hydrogen) atoms. The van der Waals surface area contributed by atoms with Crippen molar-refractivity contribution >= 4 is 22.6 Å². The molecule has 1 nitrogen and oxygen atoms in total.